The van der Waals surface area contributed by atoms with Crippen molar-refractivity contribution in [2.45, 2.75) is 25.8 Å². The molecule has 1 atom stereocenters. The zero-order valence-corrected chi connectivity index (χ0v) is 6.39. The van der Waals surface area contributed by atoms with Crippen LogP contribution in [0.25, 0.3) is 0 Å². The van der Waals surface area contributed by atoms with E-state index in [1.54, 1.807) is 0 Å². The Morgan fingerprint density at radius 1 is 1.56 bits per heavy atom. The largest absolute Gasteiger partial charge is 0.307 e. The Hall–Kier alpha value is -0.550. The molecule has 0 rings (SSSR count). The quantitative estimate of drug-likeness (QED) is 0.569. The summed E-state index contributed by atoms with van der Waals surface area (Å²) in [5.74, 6) is 0. The van der Waals surface area contributed by atoms with Gasteiger partial charge in [-0.25, -0.2) is 0 Å². The van der Waals surface area contributed by atoms with Gasteiger partial charge in [-0.05, 0) is 27.4 Å². The van der Waals surface area contributed by atoms with E-state index in [-0.39, 0.29) is 0 Å². The lowest BCUT2D eigenvalue weighted by Crippen LogP contribution is -2.23. The van der Waals surface area contributed by atoms with Crippen LogP contribution in [-0.4, -0.2) is 25.0 Å². The highest BCUT2D eigenvalue weighted by atomic mass is 15.1. The van der Waals surface area contributed by atoms with E-state index >= 15 is 0 Å². The summed E-state index contributed by atoms with van der Waals surface area (Å²) < 4.78 is 0. The van der Waals surface area contributed by atoms with Gasteiger partial charge in [-0.2, -0.15) is 5.26 Å². The molecule has 0 aromatic carbocycles. The SMILES string of the molecule is CC(CCC#N)N(C)C. The molecular weight excluding hydrogens is 112 g/mol. The molecule has 0 heterocycles. The van der Waals surface area contributed by atoms with Crippen LogP contribution in [0.1, 0.15) is 19.8 Å². The highest BCUT2D eigenvalue weighted by Crippen LogP contribution is 1.99. The molecule has 1 unspecified atom stereocenters. The van der Waals surface area contributed by atoms with E-state index in [4.69, 9.17) is 5.26 Å². The summed E-state index contributed by atoms with van der Waals surface area (Å²) in [4.78, 5) is 2.12. The van der Waals surface area contributed by atoms with Crippen molar-refractivity contribution in [3.05, 3.63) is 0 Å². The summed E-state index contributed by atoms with van der Waals surface area (Å²) in [6, 6.07) is 2.66. The Bertz CT molecular complexity index is 102. The first-order valence-corrected chi connectivity index (χ1v) is 3.22. The summed E-state index contributed by atoms with van der Waals surface area (Å²) in [6.45, 7) is 2.12. The number of nitrogens with zero attached hydrogens (tertiary/aromatic N) is 2. The van der Waals surface area contributed by atoms with Crippen molar-refractivity contribution in [1.82, 2.24) is 4.90 Å². The van der Waals surface area contributed by atoms with Crippen molar-refractivity contribution >= 4 is 0 Å². The maximum Gasteiger partial charge on any atom is 0.0622 e. The second-order valence-corrected chi connectivity index (χ2v) is 2.51. The maximum absolute atomic E-state index is 8.23. The Balaban J connectivity index is 3.29. The number of nitriles is 1. The first-order chi connectivity index (χ1) is 4.18. The predicted molar refractivity (Wildman–Crippen MR) is 38.0 cm³/mol. The van der Waals surface area contributed by atoms with Gasteiger partial charge in [0.1, 0.15) is 0 Å². The van der Waals surface area contributed by atoms with Gasteiger partial charge in [0.25, 0.3) is 0 Å². The summed E-state index contributed by atoms with van der Waals surface area (Å²) in [5, 5.41) is 8.23. The Morgan fingerprint density at radius 2 is 2.11 bits per heavy atom. The van der Waals surface area contributed by atoms with Crippen molar-refractivity contribution in [3.8, 4) is 6.07 Å². The van der Waals surface area contributed by atoms with E-state index in [1.807, 2.05) is 14.1 Å². The molecule has 0 radical (unpaired) electrons. The number of hydrogen-bond acceptors (Lipinski definition) is 2. The number of hydrogen-bond donors (Lipinski definition) is 0. The fourth-order valence-corrected chi connectivity index (χ4v) is 0.532. The molecule has 0 aromatic heterocycles. The molecule has 0 aliphatic rings. The molecule has 0 saturated carbocycles. The molecule has 2 nitrogen and oxygen atoms in total. The minimum atomic E-state index is 0.532. The van der Waals surface area contributed by atoms with Gasteiger partial charge in [0, 0.05) is 12.5 Å². The second kappa shape index (κ2) is 4.34. The summed E-state index contributed by atoms with van der Waals surface area (Å²) >= 11 is 0. The lowest BCUT2D eigenvalue weighted by atomic mass is 10.2. The van der Waals surface area contributed by atoms with Crippen LogP contribution >= 0.6 is 0 Å². The molecule has 0 bridgehead atoms. The van der Waals surface area contributed by atoms with E-state index < -0.39 is 0 Å². The van der Waals surface area contributed by atoms with Gasteiger partial charge in [0.15, 0.2) is 0 Å². The highest BCUT2D eigenvalue weighted by Gasteiger charge is 2.01. The summed E-state index contributed by atoms with van der Waals surface area (Å²) in [5.41, 5.74) is 0. The van der Waals surface area contributed by atoms with Gasteiger partial charge >= 0.3 is 0 Å². The van der Waals surface area contributed by atoms with Crippen LogP contribution in [0.4, 0.5) is 0 Å². The van der Waals surface area contributed by atoms with Crippen LogP contribution in [0.3, 0.4) is 0 Å². The molecule has 9 heavy (non-hydrogen) atoms. The van der Waals surface area contributed by atoms with Gasteiger partial charge in [0.2, 0.25) is 0 Å². The molecule has 2 heteroatoms. The van der Waals surface area contributed by atoms with Gasteiger partial charge in [-0.1, -0.05) is 0 Å². The third-order valence-electron chi connectivity index (χ3n) is 1.56. The topological polar surface area (TPSA) is 27.0 Å². The lowest BCUT2D eigenvalue weighted by molar-refractivity contribution is 0.301. The molecule has 0 aliphatic carbocycles. The Kier molecular flexibility index (Phi) is 4.08. The molecule has 52 valence electrons. The molecule has 0 fully saturated rings. The second-order valence-electron chi connectivity index (χ2n) is 2.51. The fraction of sp³-hybridized carbons (Fsp3) is 0.857. The van der Waals surface area contributed by atoms with Crippen LogP contribution < -0.4 is 0 Å². The van der Waals surface area contributed by atoms with E-state index in [0.29, 0.717) is 12.5 Å². The fourth-order valence-electron chi connectivity index (χ4n) is 0.532. The number of rotatable bonds is 3. The molecule has 0 N–H and O–H groups in total. The lowest BCUT2D eigenvalue weighted by Gasteiger charge is -2.17. The zero-order chi connectivity index (χ0) is 7.28. The maximum atomic E-state index is 8.23. The Labute approximate surface area is 57.1 Å². The van der Waals surface area contributed by atoms with Crippen LogP contribution in [0, 0.1) is 11.3 Å². The van der Waals surface area contributed by atoms with E-state index in [1.165, 1.54) is 0 Å². The van der Waals surface area contributed by atoms with Crippen molar-refractivity contribution < 1.29 is 0 Å². The van der Waals surface area contributed by atoms with Gasteiger partial charge in [0.05, 0.1) is 6.07 Å². The average Bonchev–Trinajstić information content (AvgIpc) is 1.82. The van der Waals surface area contributed by atoms with Crippen LogP contribution in [0.15, 0.2) is 0 Å². The smallest absolute Gasteiger partial charge is 0.0622 e. The minimum absolute atomic E-state index is 0.532. The van der Waals surface area contributed by atoms with E-state index in [9.17, 15) is 0 Å². The van der Waals surface area contributed by atoms with Crippen LogP contribution in [0.2, 0.25) is 0 Å². The molecule has 0 amide bonds. The third-order valence-corrected chi connectivity index (χ3v) is 1.56. The van der Waals surface area contributed by atoms with Crippen molar-refractivity contribution in [3.63, 3.8) is 0 Å². The predicted octanol–water partition coefficient (Wildman–Crippen LogP) is 1.24. The van der Waals surface area contributed by atoms with E-state index in [0.717, 1.165) is 6.42 Å². The standard InChI is InChI=1S/C7H14N2/c1-7(9(2)3)5-4-6-8/h7H,4-5H2,1-3H3. The zero-order valence-electron chi connectivity index (χ0n) is 6.39. The molecule has 0 aromatic rings. The molecule has 0 saturated heterocycles. The summed E-state index contributed by atoms with van der Waals surface area (Å²) in [7, 11) is 4.06. The van der Waals surface area contributed by atoms with Gasteiger partial charge in [-0.3, -0.25) is 0 Å². The monoisotopic (exact) mass is 126 g/mol. The van der Waals surface area contributed by atoms with Gasteiger partial charge in [-0.15, -0.1) is 0 Å². The molecular formula is C7H14N2. The highest BCUT2D eigenvalue weighted by molar-refractivity contribution is 4.72. The van der Waals surface area contributed by atoms with Gasteiger partial charge < -0.3 is 4.90 Å². The van der Waals surface area contributed by atoms with Crippen molar-refractivity contribution in [1.29, 1.82) is 5.26 Å². The third kappa shape index (κ3) is 3.99. The molecule has 0 spiro atoms. The van der Waals surface area contributed by atoms with Crippen LogP contribution in [-0.2, 0) is 0 Å². The Morgan fingerprint density at radius 3 is 2.44 bits per heavy atom. The van der Waals surface area contributed by atoms with E-state index in [2.05, 4.69) is 17.9 Å². The normalized spacial score (nSPS) is 13.2. The first kappa shape index (κ1) is 8.45. The first-order valence-electron chi connectivity index (χ1n) is 3.22. The molecule has 0 aliphatic heterocycles. The minimum Gasteiger partial charge on any atom is -0.307 e. The summed E-state index contributed by atoms with van der Waals surface area (Å²) in [6.07, 6.45) is 1.64. The van der Waals surface area contributed by atoms with Crippen molar-refractivity contribution in [2.75, 3.05) is 14.1 Å². The van der Waals surface area contributed by atoms with Crippen LogP contribution in [0.5, 0.6) is 0 Å². The average molecular weight is 126 g/mol. The van der Waals surface area contributed by atoms with Crippen molar-refractivity contribution in [2.24, 2.45) is 0 Å².